The number of fused-ring (bicyclic) bond motifs is 2. The van der Waals surface area contributed by atoms with Crippen molar-refractivity contribution in [2.24, 2.45) is 0 Å². The van der Waals surface area contributed by atoms with Gasteiger partial charge in [-0.15, -0.1) is 22.7 Å². The summed E-state index contributed by atoms with van der Waals surface area (Å²) in [4.78, 5) is 7.75. The van der Waals surface area contributed by atoms with E-state index < -0.39 is 7.12 Å². The first-order valence-corrected chi connectivity index (χ1v) is 12.9. The Hall–Kier alpha value is -2.88. The topological polar surface area (TPSA) is 66.2 Å². The standard InChI is InChI=1S/C13H9NS.C8H5BrS.C5H6BNO2.CH4/c1-2-11-6-9-15-13(11)12(3-1)10-4-7-14-8-5-10;9-7-3-1-2-6-4-5-10-8(6)7;8-6(9)5-1-3-7-4-2-5;/h1-9H;1-5H;1-4,8-9H;1H4. The minimum atomic E-state index is -1.38. The first-order chi connectivity index (χ1) is 16.6. The van der Waals surface area contributed by atoms with E-state index in [-0.39, 0.29) is 7.43 Å². The Morgan fingerprint density at radius 2 is 1.20 bits per heavy atom. The van der Waals surface area contributed by atoms with Crippen LogP contribution in [0, 0.1) is 0 Å². The molecule has 0 spiro atoms. The van der Waals surface area contributed by atoms with Gasteiger partial charge in [-0.05, 0) is 96.5 Å². The number of hydrogen-bond acceptors (Lipinski definition) is 6. The van der Waals surface area contributed by atoms with Crippen LogP contribution in [0.4, 0.5) is 0 Å². The van der Waals surface area contributed by atoms with Crippen molar-refractivity contribution in [2.45, 2.75) is 7.43 Å². The van der Waals surface area contributed by atoms with Crippen LogP contribution < -0.4 is 5.46 Å². The highest BCUT2D eigenvalue weighted by atomic mass is 79.9. The maximum absolute atomic E-state index is 8.55. The molecule has 0 bridgehead atoms. The average molecular weight is 563 g/mol. The van der Waals surface area contributed by atoms with E-state index >= 15 is 0 Å². The van der Waals surface area contributed by atoms with E-state index in [0.717, 1.165) is 0 Å². The molecule has 0 aliphatic carbocycles. The molecule has 0 radical (unpaired) electrons. The molecule has 8 heteroatoms. The molecule has 2 aromatic carbocycles. The first-order valence-electron chi connectivity index (χ1n) is 10.4. The third-order valence-corrected chi connectivity index (χ3v) is 7.76. The monoisotopic (exact) mass is 562 g/mol. The predicted molar refractivity (Wildman–Crippen MR) is 155 cm³/mol. The zero-order chi connectivity index (χ0) is 23.8. The van der Waals surface area contributed by atoms with Crippen molar-refractivity contribution in [3.63, 3.8) is 0 Å². The number of aromatic nitrogens is 2. The number of nitrogens with zero attached hydrogens (tertiary/aromatic N) is 2. The Balaban J connectivity index is 0.000000151. The Morgan fingerprint density at radius 1 is 0.657 bits per heavy atom. The normalized spacial score (nSPS) is 9.91. The Labute approximate surface area is 221 Å². The van der Waals surface area contributed by atoms with E-state index in [4.69, 9.17) is 10.0 Å². The highest BCUT2D eigenvalue weighted by molar-refractivity contribution is 9.10. The zero-order valence-electron chi connectivity index (χ0n) is 18.0. The van der Waals surface area contributed by atoms with Crippen molar-refractivity contribution >= 4 is 71.4 Å². The SMILES string of the molecule is Brc1cccc2ccsc12.C.OB(O)c1ccncc1.c1cc(-c2ccncc2)c2sccc2c1. The average Bonchev–Trinajstić information content (AvgIpc) is 3.56. The fraction of sp³-hybridized carbons (Fsp3) is 0.0370. The largest absolute Gasteiger partial charge is 0.488 e. The van der Waals surface area contributed by atoms with Gasteiger partial charge in [-0.1, -0.05) is 37.8 Å². The summed E-state index contributed by atoms with van der Waals surface area (Å²) in [5, 5.41) is 24.0. The molecule has 4 aromatic heterocycles. The summed E-state index contributed by atoms with van der Waals surface area (Å²) < 4.78 is 3.88. The molecule has 0 fully saturated rings. The Kier molecular flexibility index (Phi) is 10.1. The lowest BCUT2D eigenvalue weighted by Crippen LogP contribution is -2.29. The van der Waals surface area contributed by atoms with Gasteiger partial charge in [0.25, 0.3) is 0 Å². The van der Waals surface area contributed by atoms with E-state index in [9.17, 15) is 0 Å². The summed E-state index contributed by atoms with van der Waals surface area (Å²) in [5.74, 6) is 0. The highest BCUT2D eigenvalue weighted by Gasteiger charge is 2.08. The van der Waals surface area contributed by atoms with Crippen molar-refractivity contribution in [3.8, 4) is 11.1 Å². The zero-order valence-corrected chi connectivity index (χ0v) is 21.2. The maximum Gasteiger partial charge on any atom is 0.488 e. The number of rotatable bonds is 2. The second-order valence-corrected chi connectivity index (χ2v) is 9.80. The lowest BCUT2D eigenvalue weighted by atomic mass is 9.81. The van der Waals surface area contributed by atoms with Gasteiger partial charge in [0.15, 0.2) is 0 Å². The number of thiophene rings is 2. The van der Waals surface area contributed by atoms with E-state index in [2.05, 4.69) is 97.3 Å². The molecule has 0 atom stereocenters. The van der Waals surface area contributed by atoms with Gasteiger partial charge in [0.05, 0.1) is 0 Å². The van der Waals surface area contributed by atoms with Crippen molar-refractivity contribution in [1.82, 2.24) is 9.97 Å². The highest BCUT2D eigenvalue weighted by Crippen LogP contribution is 2.32. The molecular formula is C27H24BBrN2O2S2. The van der Waals surface area contributed by atoms with E-state index in [1.807, 2.05) is 12.4 Å². The molecule has 0 saturated carbocycles. The van der Waals surface area contributed by atoms with Gasteiger partial charge in [0, 0.05) is 38.7 Å². The van der Waals surface area contributed by atoms with Crippen molar-refractivity contribution in [3.05, 3.63) is 113 Å². The molecule has 6 rings (SSSR count). The maximum atomic E-state index is 8.55. The fourth-order valence-corrected chi connectivity index (χ4v) is 5.65. The molecular weight excluding hydrogens is 539 g/mol. The molecule has 0 amide bonds. The van der Waals surface area contributed by atoms with Gasteiger partial charge in [-0.3, -0.25) is 9.97 Å². The number of hydrogen-bond donors (Lipinski definition) is 2. The van der Waals surface area contributed by atoms with Gasteiger partial charge in [0.2, 0.25) is 0 Å². The van der Waals surface area contributed by atoms with Crippen LogP contribution in [0.2, 0.25) is 0 Å². The van der Waals surface area contributed by atoms with Crippen LogP contribution in [-0.4, -0.2) is 27.1 Å². The fourth-order valence-electron chi connectivity index (χ4n) is 3.24. The van der Waals surface area contributed by atoms with E-state index in [1.54, 1.807) is 34.8 Å². The molecule has 0 aliphatic rings. The second kappa shape index (κ2) is 13.3. The summed E-state index contributed by atoms with van der Waals surface area (Å²) in [6.45, 7) is 0. The molecule has 2 N–H and O–H groups in total. The number of pyridine rings is 2. The molecule has 4 nitrogen and oxygen atoms in total. The number of halogens is 1. The quantitative estimate of drug-likeness (QED) is 0.222. The van der Waals surface area contributed by atoms with Crippen molar-refractivity contribution in [1.29, 1.82) is 0 Å². The van der Waals surface area contributed by atoms with Crippen LogP contribution in [0.25, 0.3) is 31.3 Å². The summed E-state index contributed by atoms with van der Waals surface area (Å²) >= 11 is 7.04. The lowest BCUT2D eigenvalue weighted by Gasteiger charge is -2.02. The summed E-state index contributed by atoms with van der Waals surface area (Å²) in [7, 11) is -1.38. The van der Waals surface area contributed by atoms with Crippen LogP contribution >= 0.6 is 38.6 Å². The van der Waals surface area contributed by atoms with Gasteiger partial charge in [-0.25, -0.2) is 0 Å². The molecule has 0 saturated heterocycles. The third kappa shape index (κ3) is 7.07. The van der Waals surface area contributed by atoms with E-state index in [1.165, 1.54) is 48.2 Å². The van der Waals surface area contributed by atoms with E-state index in [0.29, 0.717) is 5.46 Å². The summed E-state index contributed by atoms with van der Waals surface area (Å²) in [5.41, 5.74) is 2.99. The lowest BCUT2D eigenvalue weighted by molar-refractivity contribution is 0.425. The molecule has 6 aromatic rings. The van der Waals surface area contributed by atoms with Crippen LogP contribution in [0.5, 0.6) is 0 Å². The van der Waals surface area contributed by atoms with Gasteiger partial charge < -0.3 is 10.0 Å². The van der Waals surface area contributed by atoms with Crippen molar-refractivity contribution < 1.29 is 10.0 Å². The molecule has 0 aliphatic heterocycles. The summed E-state index contributed by atoms with van der Waals surface area (Å²) in [6, 6.07) is 24.1. The van der Waals surface area contributed by atoms with Gasteiger partial charge in [-0.2, -0.15) is 0 Å². The Bertz CT molecular complexity index is 1460. The molecule has 35 heavy (non-hydrogen) atoms. The minimum absolute atomic E-state index is 0. The second-order valence-electron chi connectivity index (χ2n) is 7.11. The minimum Gasteiger partial charge on any atom is -0.423 e. The van der Waals surface area contributed by atoms with Gasteiger partial charge in [0.1, 0.15) is 0 Å². The van der Waals surface area contributed by atoms with Crippen LogP contribution in [-0.2, 0) is 0 Å². The van der Waals surface area contributed by atoms with Crippen LogP contribution in [0.3, 0.4) is 0 Å². The van der Waals surface area contributed by atoms with Crippen LogP contribution in [0.1, 0.15) is 7.43 Å². The first kappa shape index (κ1) is 26.7. The third-order valence-electron chi connectivity index (χ3n) is 4.91. The molecule has 176 valence electrons. The summed E-state index contributed by atoms with van der Waals surface area (Å²) in [6.07, 6.45) is 6.69. The predicted octanol–water partition coefficient (Wildman–Crippen LogP) is 7.02. The number of benzene rings is 2. The van der Waals surface area contributed by atoms with Gasteiger partial charge >= 0.3 is 7.12 Å². The van der Waals surface area contributed by atoms with Crippen molar-refractivity contribution in [2.75, 3.05) is 0 Å². The molecule has 4 heterocycles. The Morgan fingerprint density at radius 3 is 1.77 bits per heavy atom. The van der Waals surface area contributed by atoms with Crippen LogP contribution in [0.15, 0.2) is 113 Å². The smallest absolute Gasteiger partial charge is 0.423 e. The molecule has 0 unspecified atom stereocenters.